The number of nitrogens with zero attached hydrogens (tertiary/aromatic N) is 1. The van der Waals surface area contributed by atoms with E-state index in [9.17, 15) is 9.90 Å². The molecule has 2 bridgehead atoms. The molecule has 15 heavy (non-hydrogen) atoms. The molecular weight excluding hydrogens is 190 g/mol. The van der Waals surface area contributed by atoms with Gasteiger partial charge in [0.05, 0.1) is 5.41 Å². The highest BCUT2D eigenvalue weighted by Gasteiger charge is 2.42. The maximum Gasteiger partial charge on any atom is 0.310 e. The number of piperidine rings is 1. The first-order valence-electron chi connectivity index (χ1n) is 6.02. The molecule has 3 heteroatoms. The van der Waals surface area contributed by atoms with Crippen LogP contribution in [0.25, 0.3) is 0 Å². The summed E-state index contributed by atoms with van der Waals surface area (Å²) in [5, 5.41) is 9.24. The van der Waals surface area contributed by atoms with Crippen LogP contribution < -0.4 is 0 Å². The Morgan fingerprint density at radius 1 is 1.53 bits per heavy atom. The zero-order valence-electron chi connectivity index (χ0n) is 9.70. The van der Waals surface area contributed by atoms with Gasteiger partial charge in [-0.2, -0.15) is 0 Å². The van der Waals surface area contributed by atoms with E-state index >= 15 is 0 Å². The van der Waals surface area contributed by atoms with Gasteiger partial charge in [0, 0.05) is 19.1 Å². The fraction of sp³-hybridized carbons (Fsp3) is 0.917. The molecule has 2 aliphatic rings. The van der Waals surface area contributed by atoms with Crippen LogP contribution in [-0.4, -0.2) is 35.1 Å². The van der Waals surface area contributed by atoms with Crippen LogP contribution in [0.4, 0.5) is 0 Å². The molecule has 0 amide bonds. The second kappa shape index (κ2) is 3.78. The van der Waals surface area contributed by atoms with E-state index in [2.05, 4.69) is 4.90 Å². The van der Waals surface area contributed by atoms with Crippen LogP contribution in [0.2, 0.25) is 0 Å². The van der Waals surface area contributed by atoms with Crippen molar-refractivity contribution in [1.29, 1.82) is 0 Å². The summed E-state index contributed by atoms with van der Waals surface area (Å²) in [4.78, 5) is 13.6. The van der Waals surface area contributed by atoms with E-state index in [1.165, 1.54) is 19.3 Å². The normalized spacial score (nSPS) is 34.3. The fourth-order valence-corrected chi connectivity index (χ4v) is 3.00. The lowest BCUT2D eigenvalue weighted by molar-refractivity contribution is -0.149. The molecule has 1 aliphatic carbocycles. The molecule has 2 fully saturated rings. The van der Waals surface area contributed by atoms with Crippen molar-refractivity contribution in [1.82, 2.24) is 4.90 Å². The second-order valence-electron chi connectivity index (χ2n) is 5.48. The monoisotopic (exact) mass is 211 g/mol. The summed E-state index contributed by atoms with van der Waals surface area (Å²) in [5.74, 6) is 0.206. The molecule has 1 aliphatic heterocycles. The number of rotatable bonds is 4. The molecule has 3 atom stereocenters. The molecular formula is C12H21NO2. The van der Waals surface area contributed by atoms with Crippen molar-refractivity contribution in [3.8, 4) is 0 Å². The van der Waals surface area contributed by atoms with Gasteiger partial charge in [-0.25, -0.2) is 0 Å². The van der Waals surface area contributed by atoms with Crippen molar-refractivity contribution in [3.63, 3.8) is 0 Å². The molecule has 1 saturated heterocycles. The number of aliphatic carboxylic acids is 1. The molecule has 0 spiro atoms. The first-order chi connectivity index (χ1) is 7.05. The number of carbonyl (C=O) groups is 1. The largest absolute Gasteiger partial charge is 0.481 e. The Balaban J connectivity index is 1.99. The van der Waals surface area contributed by atoms with E-state index in [1.807, 2.05) is 13.8 Å². The van der Waals surface area contributed by atoms with Crippen LogP contribution in [0.1, 0.15) is 39.5 Å². The lowest BCUT2D eigenvalue weighted by Crippen LogP contribution is -2.44. The summed E-state index contributed by atoms with van der Waals surface area (Å²) in [5.41, 5.74) is -0.551. The third-order valence-corrected chi connectivity index (χ3v) is 4.37. The Bertz CT molecular complexity index is 266. The predicted octanol–water partition coefficient (Wildman–Crippen LogP) is 1.97. The number of hydrogen-bond acceptors (Lipinski definition) is 2. The van der Waals surface area contributed by atoms with Crippen LogP contribution in [0.5, 0.6) is 0 Å². The summed E-state index contributed by atoms with van der Waals surface area (Å²) < 4.78 is 0. The van der Waals surface area contributed by atoms with Gasteiger partial charge in [-0.15, -0.1) is 0 Å². The smallest absolute Gasteiger partial charge is 0.310 e. The van der Waals surface area contributed by atoms with Gasteiger partial charge in [-0.3, -0.25) is 9.69 Å². The lowest BCUT2D eigenvalue weighted by Gasteiger charge is -2.34. The number of carboxylic acids is 1. The van der Waals surface area contributed by atoms with Crippen LogP contribution in [0.3, 0.4) is 0 Å². The Hall–Kier alpha value is -0.570. The highest BCUT2D eigenvalue weighted by Crippen LogP contribution is 2.39. The maximum atomic E-state index is 11.2. The first-order valence-corrected chi connectivity index (χ1v) is 6.02. The molecule has 3 nitrogen and oxygen atoms in total. The molecule has 0 aromatic carbocycles. The third-order valence-electron chi connectivity index (χ3n) is 4.37. The van der Waals surface area contributed by atoms with Gasteiger partial charge in [0.2, 0.25) is 0 Å². The van der Waals surface area contributed by atoms with Crippen LogP contribution in [0, 0.1) is 11.3 Å². The van der Waals surface area contributed by atoms with Gasteiger partial charge in [0.25, 0.3) is 0 Å². The topological polar surface area (TPSA) is 40.5 Å². The molecule has 0 aromatic heterocycles. The summed E-state index contributed by atoms with van der Waals surface area (Å²) in [6, 6.07) is 0.681. The maximum absolute atomic E-state index is 11.2. The molecule has 1 N–H and O–H groups in total. The van der Waals surface area contributed by atoms with E-state index in [-0.39, 0.29) is 0 Å². The van der Waals surface area contributed by atoms with Gasteiger partial charge in [0.1, 0.15) is 0 Å². The molecule has 86 valence electrons. The lowest BCUT2D eigenvalue weighted by atomic mass is 9.86. The average Bonchev–Trinajstić information content (AvgIpc) is 2.78. The summed E-state index contributed by atoms with van der Waals surface area (Å²) in [6.07, 6.45) is 4.66. The van der Waals surface area contributed by atoms with Gasteiger partial charge >= 0.3 is 5.97 Å². The van der Waals surface area contributed by atoms with E-state index in [0.29, 0.717) is 6.04 Å². The Morgan fingerprint density at radius 3 is 2.67 bits per heavy atom. The second-order valence-corrected chi connectivity index (χ2v) is 5.48. The van der Waals surface area contributed by atoms with E-state index < -0.39 is 11.4 Å². The molecule has 0 radical (unpaired) electrons. The van der Waals surface area contributed by atoms with E-state index in [0.717, 1.165) is 25.4 Å². The molecule has 1 saturated carbocycles. The molecule has 3 unspecified atom stereocenters. The Morgan fingerprint density at radius 2 is 2.27 bits per heavy atom. The van der Waals surface area contributed by atoms with Crippen molar-refractivity contribution < 1.29 is 9.90 Å². The number of carboxylic acid groups (broad SMARTS) is 1. The van der Waals surface area contributed by atoms with Crippen molar-refractivity contribution >= 4 is 5.97 Å². The van der Waals surface area contributed by atoms with Gasteiger partial charge in [0.15, 0.2) is 0 Å². The van der Waals surface area contributed by atoms with Gasteiger partial charge < -0.3 is 5.11 Å². The summed E-state index contributed by atoms with van der Waals surface area (Å²) in [6.45, 7) is 5.72. The minimum absolute atomic E-state index is 0.551. The highest BCUT2D eigenvalue weighted by molar-refractivity contribution is 5.74. The zero-order chi connectivity index (χ0) is 11.1. The number of fused-ring (bicyclic) bond motifs is 2. The molecule has 2 rings (SSSR count). The highest BCUT2D eigenvalue weighted by atomic mass is 16.4. The fourth-order valence-electron chi connectivity index (χ4n) is 3.00. The van der Waals surface area contributed by atoms with Crippen molar-refractivity contribution in [3.05, 3.63) is 0 Å². The SMILES string of the molecule is CCC(C)(CN1CC2CCC1C2)C(=O)O. The van der Waals surface area contributed by atoms with Crippen molar-refractivity contribution in [2.24, 2.45) is 11.3 Å². The van der Waals surface area contributed by atoms with Gasteiger partial charge in [-0.05, 0) is 38.5 Å². The summed E-state index contributed by atoms with van der Waals surface area (Å²) in [7, 11) is 0. The van der Waals surface area contributed by atoms with E-state index in [4.69, 9.17) is 0 Å². The molecule has 0 aromatic rings. The van der Waals surface area contributed by atoms with Crippen LogP contribution in [-0.2, 0) is 4.79 Å². The summed E-state index contributed by atoms with van der Waals surface area (Å²) >= 11 is 0. The minimum atomic E-state index is -0.646. The van der Waals surface area contributed by atoms with Crippen LogP contribution in [0.15, 0.2) is 0 Å². The Labute approximate surface area is 91.5 Å². The predicted molar refractivity (Wildman–Crippen MR) is 58.7 cm³/mol. The van der Waals surface area contributed by atoms with Crippen molar-refractivity contribution in [2.45, 2.75) is 45.6 Å². The number of likely N-dealkylation sites (tertiary alicyclic amines) is 1. The third kappa shape index (κ3) is 1.89. The first kappa shape index (κ1) is 10.9. The average molecular weight is 211 g/mol. The van der Waals surface area contributed by atoms with Gasteiger partial charge in [-0.1, -0.05) is 6.92 Å². The van der Waals surface area contributed by atoms with Crippen molar-refractivity contribution in [2.75, 3.05) is 13.1 Å². The quantitative estimate of drug-likeness (QED) is 0.773. The van der Waals surface area contributed by atoms with E-state index in [1.54, 1.807) is 0 Å². The zero-order valence-corrected chi connectivity index (χ0v) is 9.70. The standard InChI is InChI=1S/C12H21NO2/c1-3-12(2,11(14)15)8-13-7-9-4-5-10(13)6-9/h9-10H,3-8H2,1-2H3,(H,14,15). The number of hydrogen-bond donors (Lipinski definition) is 1. The Kier molecular flexibility index (Phi) is 2.75. The molecule has 1 heterocycles. The minimum Gasteiger partial charge on any atom is -0.481 e. The van der Waals surface area contributed by atoms with Crippen LogP contribution >= 0.6 is 0 Å².